The van der Waals surface area contributed by atoms with Crippen LogP contribution in [0.3, 0.4) is 0 Å². The Kier molecular flexibility index (Phi) is 4.37. The van der Waals surface area contributed by atoms with Crippen LogP contribution in [-0.2, 0) is 5.54 Å². The van der Waals surface area contributed by atoms with Crippen LogP contribution in [0.2, 0.25) is 0 Å². The van der Waals surface area contributed by atoms with E-state index in [0.717, 1.165) is 36.1 Å². The highest BCUT2D eigenvalue weighted by atomic mass is 16.6. The highest BCUT2D eigenvalue weighted by molar-refractivity contribution is 5.97. The number of carbonyl (C=O) groups is 1. The molecule has 6 rings (SSSR count). The molecule has 2 unspecified atom stereocenters. The summed E-state index contributed by atoms with van der Waals surface area (Å²) in [6.07, 6.45) is 7.99. The summed E-state index contributed by atoms with van der Waals surface area (Å²) in [5.41, 5.74) is 1.41. The van der Waals surface area contributed by atoms with Gasteiger partial charge in [-0.15, -0.1) is 0 Å². The second kappa shape index (κ2) is 6.85. The Morgan fingerprint density at radius 2 is 1.97 bits per heavy atom. The summed E-state index contributed by atoms with van der Waals surface area (Å²) >= 11 is 0. The Morgan fingerprint density at radius 3 is 2.60 bits per heavy atom. The first-order chi connectivity index (χ1) is 14.4. The van der Waals surface area contributed by atoms with Crippen molar-refractivity contribution in [3.05, 3.63) is 28.4 Å². The van der Waals surface area contributed by atoms with Crippen molar-refractivity contribution >= 4 is 28.4 Å². The minimum atomic E-state index is -1.07. The zero-order valence-electron chi connectivity index (χ0n) is 17.1. The molecule has 3 aliphatic carbocycles. The predicted molar refractivity (Wildman–Crippen MR) is 112 cm³/mol. The molecule has 160 valence electrons. The quantitative estimate of drug-likeness (QED) is 0.583. The summed E-state index contributed by atoms with van der Waals surface area (Å²) in [5, 5.41) is 29.2. The number of nitrogens with zero attached hydrogens (tertiary/aromatic N) is 4. The van der Waals surface area contributed by atoms with Gasteiger partial charge in [-0.05, 0) is 56.4 Å². The third-order valence-electron chi connectivity index (χ3n) is 7.61. The van der Waals surface area contributed by atoms with Crippen LogP contribution >= 0.6 is 0 Å². The molecule has 3 saturated carbocycles. The predicted octanol–water partition coefficient (Wildman–Crippen LogP) is 3.72. The van der Waals surface area contributed by atoms with E-state index < -0.39 is 6.09 Å². The molecule has 0 spiro atoms. The lowest BCUT2D eigenvalue weighted by atomic mass is 9.66. The number of nitro groups is 1. The minimum Gasteiger partial charge on any atom is -0.465 e. The minimum absolute atomic E-state index is 0.0333. The molecule has 1 amide bonds. The third kappa shape index (κ3) is 2.98. The van der Waals surface area contributed by atoms with Crippen molar-refractivity contribution in [3.63, 3.8) is 0 Å². The summed E-state index contributed by atoms with van der Waals surface area (Å²) in [7, 11) is 0. The smallest absolute Gasteiger partial charge is 0.404 e. The number of rotatable bonds is 4. The Morgan fingerprint density at radius 1 is 1.27 bits per heavy atom. The van der Waals surface area contributed by atoms with Crippen LogP contribution in [0.4, 0.5) is 16.2 Å². The maximum Gasteiger partial charge on any atom is 0.404 e. The van der Waals surface area contributed by atoms with Crippen molar-refractivity contribution in [1.29, 1.82) is 0 Å². The molecule has 0 radical (unpaired) electrons. The number of hydrogen-bond acceptors (Lipinski definition) is 5. The Balaban J connectivity index is 1.58. The average Bonchev–Trinajstić information content (AvgIpc) is 3.32. The summed E-state index contributed by atoms with van der Waals surface area (Å²) in [6.45, 7) is 2.93. The first kappa shape index (κ1) is 19.1. The second-order valence-electron chi connectivity index (χ2n) is 9.34. The van der Waals surface area contributed by atoms with E-state index in [2.05, 4.69) is 10.00 Å². The van der Waals surface area contributed by atoms with Gasteiger partial charge in [0.1, 0.15) is 5.69 Å². The van der Waals surface area contributed by atoms with Gasteiger partial charge in [0.05, 0.1) is 27.4 Å². The Bertz CT molecular complexity index is 996. The van der Waals surface area contributed by atoms with E-state index in [1.807, 2.05) is 18.0 Å². The molecule has 9 nitrogen and oxygen atoms in total. The van der Waals surface area contributed by atoms with Gasteiger partial charge in [0.25, 0.3) is 5.69 Å². The second-order valence-corrected chi connectivity index (χ2v) is 9.34. The van der Waals surface area contributed by atoms with E-state index in [4.69, 9.17) is 10.2 Å². The van der Waals surface area contributed by atoms with Crippen LogP contribution < -0.4 is 10.2 Å². The van der Waals surface area contributed by atoms with Gasteiger partial charge in [0.15, 0.2) is 0 Å². The molecule has 4 aliphatic rings. The summed E-state index contributed by atoms with van der Waals surface area (Å²) in [4.78, 5) is 24.6. The van der Waals surface area contributed by atoms with E-state index >= 15 is 0 Å². The molecule has 4 fully saturated rings. The van der Waals surface area contributed by atoms with Crippen molar-refractivity contribution in [3.8, 4) is 0 Å². The molecule has 1 saturated heterocycles. The number of anilines is 1. The lowest BCUT2D eigenvalue weighted by Gasteiger charge is -2.46. The maximum atomic E-state index is 11.8. The van der Waals surface area contributed by atoms with Gasteiger partial charge < -0.3 is 15.3 Å². The number of nitro benzene ring substituents is 1. The number of aromatic nitrogens is 2. The standard InChI is InChI=1S/C21H27N5O4/c1-13-10-24(12-17(13)22-20(27)28)19-15-11-25(21-7-4-14(5-8-21)6-9-21)23-16(15)2-3-18(19)26(29)30/h2-3,11,13-14,17,22H,4-10,12H2,1H3,(H,27,28). The van der Waals surface area contributed by atoms with Crippen LogP contribution in [0.25, 0.3) is 10.9 Å². The number of fused-ring (bicyclic) bond motifs is 4. The van der Waals surface area contributed by atoms with Crippen LogP contribution in [-0.4, -0.2) is 45.0 Å². The van der Waals surface area contributed by atoms with Crippen molar-refractivity contribution in [2.24, 2.45) is 11.8 Å². The monoisotopic (exact) mass is 413 g/mol. The largest absolute Gasteiger partial charge is 0.465 e. The van der Waals surface area contributed by atoms with Gasteiger partial charge in [-0.25, -0.2) is 4.79 Å². The van der Waals surface area contributed by atoms with Crippen molar-refractivity contribution in [1.82, 2.24) is 15.1 Å². The average molecular weight is 413 g/mol. The number of benzene rings is 1. The zero-order chi connectivity index (χ0) is 21.0. The molecule has 30 heavy (non-hydrogen) atoms. The number of nitrogens with one attached hydrogen (secondary N) is 1. The van der Waals surface area contributed by atoms with E-state index in [0.29, 0.717) is 18.8 Å². The highest BCUT2D eigenvalue weighted by Gasteiger charge is 2.43. The molecular weight excluding hydrogens is 386 g/mol. The molecule has 1 aliphatic heterocycles. The Hall–Kier alpha value is -2.84. The van der Waals surface area contributed by atoms with Crippen LogP contribution in [0.15, 0.2) is 18.3 Å². The van der Waals surface area contributed by atoms with Crippen LogP contribution in [0.5, 0.6) is 0 Å². The fourth-order valence-electron chi connectivity index (χ4n) is 5.86. The third-order valence-corrected chi connectivity index (χ3v) is 7.61. The van der Waals surface area contributed by atoms with Crippen LogP contribution in [0, 0.1) is 22.0 Å². The van der Waals surface area contributed by atoms with Gasteiger partial charge in [0.2, 0.25) is 0 Å². The van der Waals surface area contributed by atoms with Gasteiger partial charge in [0, 0.05) is 25.4 Å². The topological polar surface area (TPSA) is 114 Å². The molecule has 1 aromatic carbocycles. The first-order valence-electron chi connectivity index (χ1n) is 10.8. The molecule has 2 aromatic rings. The summed E-state index contributed by atoms with van der Waals surface area (Å²) in [6, 6.07) is 3.01. The van der Waals surface area contributed by atoms with Gasteiger partial charge in [-0.1, -0.05) is 6.92 Å². The van der Waals surface area contributed by atoms with Gasteiger partial charge in [-0.2, -0.15) is 5.10 Å². The molecular formula is C21H27N5O4. The van der Waals surface area contributed by atoms with Crippen molar-refractivity contribution < 1.29 is 14.8 Å². The molecule has 2 N–H and O–H groups in total. The van der Waals surface area contributed by atoms with E-state index in [9.17, 15) is 14.9 Å². The lowest BCUT2D eigenvalue weighted by Crippen LogP contribution is -2.42. The molecule has 9 heteroatoms. The maximum absolute atomic E-state index is 11.8. The number of amides is 1. The van der Waals surface area contributed by atoms with Crippen LogP contribution in [0.1, 0.15) is 45.4 Å². The Labute approximate surface area is 174 Å². The summed E-state index contributed by atoms with van der Waals surface area (Å²) < 4.78 is 2.09. The lowest BCUT2D eigenvalue weighted by molar-refractivity contribution is -0.384. The molecule has 2 heterocycles. The van der Waals surface area contributed by atoms with Crippen molar-refractivity contribution in [2.75, 3.05) is 18.0 Å². The van der Waals surface area contributed by atoms with Crippen molar-refractivity contribution in [2.45, 2.75) is 57.0 Å². The molecule has 2 bridgehead atoms. The molecule has 2 atom stereocenters. The fraction of sp³-hybridized carbons (Fsp3) is 0.619. The fourth-order valence-corrected chi connectivity index (χ4v) is 5.86. The highest BCUT2D eigenvalue weighted by Crippen LogP contribution is 2.49. The van der Waals surface area contributed by atoms with Gasteiger partial charge >= 0.3 is 6.09 Å². The zero-order valence-corrected chi connectivity index (χ0v) is 17.1. The van der Waals surface area contributed by atoms with E-state index in [1.54, 1.807) is 6.07 Å². The van der Waals surface area contributed by atoms with E-state index in [-0.39, 0.29) is 28.1 Å². The normalized spacial score (nSPS) is 30.7. The first-order valence-corrected chi connectivity index (χ1v) is 10.8. The number of carboxylic acid groups (broad SMARTS) is 1. The van der Waals surface area contributed by atoms with E-state index in [1.165, 1.54) is 25.3 Å². The SMILES string of the molecule is CC1CN(c2c([N+](=O)[O-])ccc3nn(C45CCC(CC4)CC5)cc23)CC1NC(=O)O. The number of hydrogen-bond donors (Lipinski definition) is 2. The molecule has 1 aromatic heterocycles. The summed E-state index contributed by atoms with van der Waals surface area (Å²) in [5.74, 6) is 0.900. The van der Waals surface area contributed by atoms with Gasteiger partial charge in [-0.3, -0.25) is 14.8 Å².